The summed E-state index contributed by atoms with van der Waals surface area (Å²) in [4.78, 5) is 24.5. The van der Waals surface area contributed by atoms with Crippen molar-refractivity contribution in [2.45, 2.75) is 24.7 Å². The SMILES string of the molecule is CCN(CC(=O)O)C(=O)c1ccc(OC)c(S(=O)(=O)N2CCCC2)c1. The number of amides is 1. The zero-order chi connectivity index (χ0) is 18.6. The molecule has 0 unspecified atom stereocenters. The second-order valence-corrected chi connectivity index (χ2v) is 7.60. The maximum absolute atomic E-state index is 12.8. The molecule has 2 rings (SSSR count). The predicted molar refractivity (Wildman–Crippen MR) is 90.2 cm³/mol. The zero-order valence-corrected chi connectivity index (χ0v) is 15.1. The van der Waals surface area contributed by atoms with E-state index in [0.717, 1.165) is 17.7 Å². The van der Waals surface area contributed by atoms with Crippen molar-refractivity contribution >= 4 is 21.9 Å². The highest BCUT2D eigenvalue weighted by molar-refractivity contribution is 7.89. The van der Waals surface area contributed by atoms with E-state index in [1.165, 1.54) is 29.6 Å². The summed E-state index contributed by atoms with van der Waals surface area (Å²) < 4.78 is 32.2. The van der Waals surface area contributed by atoms with Crippen LogP contribution >= 0.6 is 0 Å². The summed E-state index contributed by atoms with van der Waals surface area (Å²) in [7, 11) is -2.41. The van der Waals surface area contributed by atoms with Crippen molar-refractivity contribution in [3.05, 3.63) is 23.8 Å². The fourth-order valence-electron chi connectivity index (χ4n) is 2.75. The number of benzene rings is 1. The van der Waals surface area contributed by atoms with E-state index in [1.54, 1.807) is 6.92 Å². The van der Waals surface area contributed by atoms with Crippen molar-refractivity contribution < 1.29 is 27.9 Å². The predicted octanol–water partition coefficient (Wildman–Crippen LogP) is 1.03. The van der Waals surface area contributed by atoms with Crippen LogP contribution in [0.1, 0.15) is 30.1 Å². The van der Waals surface area contributed by atoms with E-state index in [2.05, 4.69) is 0 Å². The van der Waals surface area contributed by atoms with Crippen molar-refractivity contribution in [2.24, 2.45) is 0 Å². The molecular formula is C16H22N2O6S. The minimum atomic E-state index is -3.77. The average Bonchev–Trinajstić information content (AvgIpc) is 3.13. The van der Waals surface area contributed by atoms with Crippen LogP contribution in [-0.2, 0) is 14.8 Å². The number of carbonyl (C=O) groups excluding carboxylic acids is 1. The number of nitrogens with zero attached hydrogens (tertiary/aromatic N) is 2. The fourth-order valence-corrected chi connectivity index (χ4v) is 4.45. The highest BCUT2D eigenvalue weighted by Crippen LogP contribution is 2.30. The van der Waals surface area contributed by atoms with Gasteiger partial charge in [-0.2, -0.15) is 4.31 Å². The van der Waals surface area contributed by atoms with Crippen molar-refractivity contribution in [1.29, 1.82) is 0 Å². The molecular weight excluding hydrogens is 348 g/mol. The van der Waals surface area contributed by atoms with Crippen molar-refractivity contribution in [1.82, 2.24) is 9.21 Å². The highest BCUT2D eigenvalue weighted by atomic mass is 32.2. The molecule has 1 heterocycles. The van der Waals surface area contributed by atoms with E-state index < -0.39 is 28.4 Å². The third-order valence-corrected chi connectivity index (χ3v) is 6.01. The number of rotatable bonds is 7. The Morgan fingerprint density at radius 3 is 2.44 bits per heavy atom. The molecule has 0 atom stereocenters. The molecule has 0 radical (unpaired) electrons. The van der Waals surface area contributed by atoms with Gasteiger partial charge in [0, 0.05) is 25.2 Å². The second kappa shape index (κ2) is 7.83. The normalized spacial score (nSPS) is 15.1. The lowest BCUT2D eigenvalue weighted by Gasteiger charge is -2.21. The number of methoxy groups -OCH3 is 1. The van der Waals surface area contributed by atoms with Gasteiger partial charge < -0.3 is 14.7 Å². The van der Waals surface area contributed by atoms with E-state index in [9.17, 15) is 18.0 Å². The molecule has 1 aliphatic heterocycles. The molecule has 0 spiro atoms. The summed E-state index contributed by atoms with van der Waals surface area (Å²) in [6.45, 7) is 2.28. The van der Waals surface area contributed by atoms with Crippen molar-refractivity contribution in [3.63, 3.8) is 0 Å². The van der Waals surface area contributed by atoms with Crippen LogP contribution in [-0.4, -0.2) is 67.9 Å². The number of carboxylic acids is 1. The topological polar surface area (TPSA) is 104 Å². The zero-order valence-electron chi connectivity index (χ0n) is 14.3. The van der Waals surface area contributed by atoms with Crippen LogP contribution in [0.4, 0.5) is 0 Å². The lowest BCUT2D eigenvalue weighted by molar-refractivity contribution is -0.137. The molecule has 9 heteroatoms. The van der Waals surface area contributed by atoms with E-state index in [-0.39, 0.29) is 22.8 Å². The molecule has 1 amide bonds. The van der Waals surface area contributed by atoms with Crippen molar-refractivity contribution in [2.75, 3.05) is 33.3 Å². The van der Waals surface area contributed by atoms with Gasteiger partial charge in [-0.05, 0) is 38.0 Å². The summed E-state index contributed by atoms with van der Waals surface area (Å²) in [5.41, 5.74) is 0.113. The number of ether oxygens (including phenoxy) is 1. The minimum Gasteiger partial charge on any atom is -0.495 e. The van der Waals surface area contributed by atoms with Gasteiger partial charge in [0.25, 0.3) is 5.91 Å². The standard InChI is InChI=1S/C16H22N2O6S/c1-3-17(11-15(19)20)16(21)12-6-7-13(24-2)14(10-12)25(22,23)18-8-4-5-9-18/h6-7,10H,3-5,8-9,11H2,1-2H3,(H,19,20). The molecule has 1 fully saturated rings. The quantitative estimate of drug-likeness (QED) is 0.769. The molecule has 1 N–H and O–H groups in total. The van der Waals surface area contributed by atoms with Gasteiger partial charge >= 0.3 is 5.97 Å². The fraction of sp³-hybridized carbons (Fsp3) is 0.500. The number of hydrogen-bond acceptors (Lipinski definition) is 5. The maximum atomic E-state index is 12.8. The number of sulfonamides is 1. The first-order valence-corrected chi connectivity index (χ1v) is 9.44. The van der Waals surface area contributed by atoms with Crippen LogP contribution in [0.15, 0.2) is 23.1 Å². The van der Waals surface area contributed by atoms with Gasteiger partial charge in [0.1, 0.15) is 17.2 Å². The molecule has 8 nitrogen and oxygen atoms in total. The lowest BCUT2D eigenvalue weighted by atomic mass is 10.2. The molecule has 0 bridgehead atoms. The molecule has 0 saturated carbocycles. The van der Waals surface area contributed by atoms with Gasteiger partial charge in [0.15, 0.2) is 0 Å². The number of aliphatic carboxylic acids is 1. The van der Waals surface area contributed by atoms with Crippen LogP contribution in [0, 0.1) is 0 Å². The Morgan fingerprint density at radius 2 is 1.92 bits per heavy atom. The summed E-state index contributed by atoms with van der Waals surface area (Å²) >= 11 is 0. The van der Waals surface area contributed by atoms with Crippen LogP contribution in [0.5, 0.6) is 5.75 Å². The van der Waals surface area contributed by atoms with E-state index in [0.29, 0.717) is 13.1 Å². The Hall–Kier alpha value is -2.13. The summed E-state index contributed by atoms with van der Waals surface area (Å²) in [5.74, 6) is -1.51. The Bertz CT molecular complexity index is 756. The van der Waals surface area contributed by atoms with Crippen LogP contribution < -0.4 is 4.74 Å². The number of carbonyl (C=O) groups is 2. The smallest absolute Gasteiger partial charge is 0.323 e. The Balaban J connectivity index is 2.42. The summed E-state index contributed by atoms with van der Waals surface area (Å²) in [5, 5.41) is 8.90. The van der Waals surface area contributed by atoms with Gasteiger partial charge in [-0.1, -0.05) is 0 Å². The Kier molecular flexibility index (Phi) is 6.02. The molecule has 1 aromatic carbocycles. The van der Waals surface area contributed by atoms with Gasteiger partial charge in [-0.25, -0.2) is 8.42 Å². The molecule has 0 aliphatic carbocycles. The molecule has 1 saturated heterocycles. The summed E-state index contributed by atoms with van der Waals surface area (Å²) in [6, 6.07) is 4.12. The molecule has 25 heavy (non-hydrogen) atoms. The average molecular weight is 370 g/mol. The van der Waals surface area contributed by atoms with Gasteiger partial charge in [0.05, 0.1) is 7.11 Å². The van der Waals surface area contributed by atoms with E-state index in [4.69, 9.17) is 9.84 Å². The van der Waals surface area contributed by atoms with E-state index >= 15 is 0 Å². The second-order valence-electron chi connectivity index (χ2n) is 5.69. The number of hydrogen-bond donors (Lipinski definition) is 1. The molecule has 1 aliphatic rings. The Morgan fingerprint density at radius 1 is 1.28 bits per heavy atom. The van der Waals surface area contributed by atoms with Crippen molar-refractivity contribution in [3.8, 4) is 5.75 Å². The molecule has 1 aromatic rings. The van der Waals surface area contributed by atoms with Crippen LogP contribution in [0.2, 0.25) is 0 Å². The van der Waals surface area contributed by atoms with Crippen LogP contribution in [0.3, 0.4) is 0 Å². The van der Waals surface area contributed by atoms with Crippen LogP contribution in [0.25, 0.3) is 0 Å². The largest absolute Gasteiger partial charge is 0.495 e. The van der Waals surface area contributed by atoms with Gasteiger partial charge in [0.2, 0.25) is 10.0 Å². The van der Waals surface area contributed by atoms with Gasteiger partial charge in [-0.3, -0.25) is 9.59 Å². The first kappa shape index (κ1) is 19.2. The third-order valence-electron chi connectivity index (χ3n) is 4.09. The van der Waals surface area contributed by atoms with Gasteiger partial charge in [-0.15, -0.1) is 0 Å². The number of likely N-dealkylation sites (N-methyl/N-ethyl adjacent to an activating group) is 1. The van der Waals surface area contributed by atoms with E-state index in [1.807, 2.05) is 0 Å². The number of carboxylic acid groups (broad SMARTS) is 1. The monoisotopic (exact) mass is 370 g/mol. The minimum absolute atomic E-state index is 0.0749. The maximum Gasteiger partial charge on any atom is 0.323 e. The third kappa shape index (κ3) is 4.10. The molecule has 0 aromatic heterocycles. The highest BCUT2D eigenvalue weighted by Gasteiger charge is 2.31. The lowest BCUT2D eigenvalue weighted by Crippen LogP contribution is -2.35. The molecule has 138 valence electrons. The summed E-state index contributed by atoms with van der Waals surface area (Å²) in [6.07, 6.45) is 1.59. The Labute approximate surface area is 147 Å². The first-order valence-electron chi connectivity index (χ1n) is 8.00. The first-order chi connectivity index (χ1) is 11.8.